The molecule has 1 atom stereocenters. The molecule has 0 saturated heterocycles. The first-order valence-corrected chi connectivity index (χ1v) is 9.22. The van der Waals surface area contributed by atoms with Crippen molar-refractivity contribution >= 4 is 17.1 Å². The number of aliphatic hydroxyl groups excluding tert-OH is 1. The Labute approximate surface area is 174 Å². The lowest BCUT2D eigenvalue weighted by atomic mass is 10.0. The van der Waals surface area contributed by atoms with Crippen LogP contribution in [0.1, 0.15) is 6.92 Å². The highest BCUT2D eigenvalue weighted by atomic mass is 16.6. The first-order valence-electron chi connectivity index (χ1n) is 9.22. The lowest BCUT2D eigenvalue weighted by Gasteiger charge is -2.13. The summed E-state index contributed by atoms with van der Waals surface area (Å²) in [6.07, 6.45) is -1.97. The Balaban J connectivity index is 1.74. The molecular formula is C20H17N5O6. The molecule has 4 N–H and O–H groups in total. The van der Waals surface area contributed by atoms with E-state index in [-0.39, 0.29) is 22.7 Å². The van der Waals surface area contributed by atoms with Crippen molar-refractivity contribution in [1.29, 1.82) is 0 Å². The number of ether oxygens (including phenoxy) is 2. The summed E-state index contributed by atoms with van der Waals surface area (Å²) in [7, 11) is 0. The van der Waals surface area contributed by atoms with E-state index >= 15 is 0 Å². The predicted molar refractivity (Wildman–Crippen MR) is 109 cm³/mol. The van der Waals surface area contributed by atoms with Crippen molar-refractivity contribution in [3.63, 3.8) is 0 Å². The Morgan fingerprint density at radius 1 is 1.16 bits per heavy atom. The zero-order valence-electron chi connectivity index (χ0n) is 16.2. The highest BCUT2D eigenvalue weighted by Crippen LogP contribution is 2.34. The molecule has 158 valence electrons. The van der Waals surface area contributed by atoms with Crippen LogP contribution in [0, 0.1) is 0 Å². The maximum absolute atomic E-state index is 12.2. The third kappa shape index (κ3) is 4.07. The molecule has 4 rings (SSSR count). The maximum atomic E-state index is 12.2. The molecular weight excluding hydrogens is 406 g/mol. The van der Waals surface area contributed by atoms with Crippen LogP contribution in [0.25, 0.3) is 33.7 Å². The average Bonchev–Trinajstić information content (AvgIpc) is 3.23. The van der Waals surface area contributed by atoms with Gasteiger partial charge in [-0.25, -0.2) is 9.78 Å². The van der Waals surface area contributed by atoms with Gasteiger partial charge in [0.2, 0.25) is 5.65 Å². The van der Waals surface area contributed by atoms with Crippen molar-refractivity contribution < 1.29 is 24.5 Å². The van der Waals surface area contributed by atoms with E-state index in [1.165, 1.54) is 6.07 Å². The van der Waals surface area contributed by atoms with Crippen molar-refractivity contribution in [2.75, 3.05) is 6.61 Å². The molecule has 0 saturated carbocycles. The molecule has 11 nitrogen and oxygen atoms in total. The number of aromatic amines is 2. The SMILES string of the molecule is CCOc1cc(-c2cccc(O[C@H](O)C(=O)O)c2)ccc1-c1nc2n[nH]nc2c(=O)[nH]1. The van der Waals surface area contributed by atoms with Gasteiger partial charge in [0.1, 0.15) is 17.3 Å². The first kappa shape index (κ1) is 20.0. The summed E-state index contributed by atoms with van der Waals surface area (Å²) in [4.78, 5) is 30.0. The van der Waals surface area contributed by atoms with Crippen LogP contribution in [-0.2, 0) is 4.79 Å². The first-order chi connectivity index (χ1) is 15.0. The Morgan fingerprint density at radius 3 is 2.74 bits per heavy atom. The van der Waals surface area contributed by atoms with Crippen molar-refractivity contribution in [3.05, 3.63) is 52.8 Å². The van der Waals surface area contributed by atoms with Crippen LogP contribution in [0.15, 0.2) is 47.3 Å². The normalized spacial score (nSPS) is 11.9. The fraction of sp³-hybridized carbons (Fsp3) is 0.150. The number of hydrogen-bond acceptors (Lipinski definition) is 8. The topological polar surface area (TPSA) is 163 Å². The molecule has 0 aliphatic rings. The highest BCUT2D eigenvalue weighted by molar-refractivity contribution is 5.77. The van der Waals surface area contributed by atoms with Gasteiger partial charge >= 0.3 is 5.97 Å². The van der Waals surface area contributed by atoms with Crippen molar-refractivity contribution in [1.82, 2.24) is 25.4 Å². The summed E-state index contributed by atoms with van der Waals surface area (Å²) in [6, 6.07) is 11.9. The summed E-state index contributed by atoms with van der Waals surface area (Å²) in [5.74, 6) is -0.540. The van der Waals surface area contributed by atoms with Crippen molar-refractivity contribution in [3.8, 4) is 34.0 Å². The third-order valence-corrected chi connectivity index (χ3v) is 4.36. The molecule has 2 aromatic heterocycles. The number of benzene rings is 2. The zero-order valence-corrected chi connectivity index (χ0v) is 16.2. The molecule has 0 bridgehead atoms. The number of aromatic nitrogens is 5. The molecule has 11 heteroatoms. The van der Waals surface area contributed by atoms with E-state index in [1.807, 2.05) is 6.92 Å². The van der Waals surface area contributed by atoms with E-state index < -0.39 is 17.8 Å². The summed E-state index contributed by atoms with van der Waals surface area (Å²) in [6.45, 7) is 2.20. The van der Waals surface area contributed by atoms with E-state index in [1.54, 1.807) is 36.4 Å². The van der Waals surface area contributed by atoms with Crippen LogP contribution in [-0.4, -0.2) is 54.5 Å². The molecule has 0 spiro atoms. The van der Waals surface area contributed by atoms with Crippen LogP contribution >= 0.6 is 0 Å². The Kier molecular flexibility index (Phi) is 5.33. The second-order valence-corrected chi connectivity index (χ2v) is 6.39. The molecule has 31 heavy (non-hydrogen) atoms. The third-order valence-electron chi connectivity index (χ3n) is 4.36. The van der Waals surface area contributed by atoms with Crippen molar-refractivity contribution in [2.45, 2.75) is 13.2 Å². The minimum Gasteiger partial charge on any atom is -0.493 e. The van der Waals surface area contributed by atoms with Gasteiger partial charge in [-0.15, -0.1) is 10.2 Å². The predicted octanol–water partition coefficient (Wildman–Crippen LogP) is 1.56. The van der Waals surface area contributed by atoms with Gasteiger partial charge in [0, 0.05) is 0 Å². The molecule has 0 fully saturated rings. The summed E-state index contributed by atoms with van der Waals surface area (Å²) >= 11 is 0. The van der Waals surface area contributed by atoms with Crippen LogP contribution in [0.3, 0.4) is 0 Å². The number of fused-ring (bicyclic) bond motifs is 1. The smallest absolute Gasteiger partial charge is 0.373 e. The Morgan fingerprint density at radius 2 is 1.97 bits per heavy atom. The van der Waals surface area contributed by atoms with E-state index in [0.29, 0.717) is 23.5 Å². The fourth-order valence-corrected chi connectivity index (χ4v) is 2.98. The van der Waals surface area contributed by atoms with E-state index in [0.717, 1.165) is 5.56 Å². The van der Waals surface area contributed by atoms with Crippen LogP contribution < -0.4 is 15.0 Å². The second kappa shape index (κ2) is 8.24. The number of nitrogens with one attached hydrogen (secondary N) is 2. The molecule has 0 aliphatic carbocycles. The van der Waals surface area contributed by atoms with Gasteiger partial charge in [-0.05, 0) is 42.3 Å². The molecule has 4 aromatic rings. The summed E-state index contributed by atoms with van der Waals surface area (Å²) in [5.41, 5.74) is 1.87. The van der Waals surface area contributed by atoms with Gasteiger partial charge in [0.25, 0.3) is 11.8 Å². The van der Waals surface area contributed by atoms with Gasteiger partial charge in [-0.1, -0.05) is 18.2 Å². The van der Waals surface area contributed by atoms with Crippen molar-refractivity contribution in [2.24, 2.45) is 0 Å². The van der Waals surface area contributed by atoms with E-state index in [4.69, 9.17) is 14.6 Å². The molecule has 0 radical (unpaired) electrons. The monoisotopic (exact) mass is 423 g/mol. The van der Waals surface area contributed by atoms with Gasteiger partial charge in [0.15, 0.2) is 5.52 Å². The number of carboxylic acid groups (broad SMARTS) is 1. The van der Waals surface area contributed by atoms with Gasteiger partial charge < -0.3 is 24.7 Å². The number of carbonyl (C=O) groups is 1. The number of rotatable bonds is 7. The standard InChI is InChI=1S/C20H17N5O6/c1-2-30-14-9-11(10-4-3-5-12(8-10)31-20(29)19(27)28)6-7-13(14)16-21-17-15(18(26)22-16)23-25-24-17/h3-9,20,29H,2H2,1H3,(H,27,28)(H2,21,22,23,24,25,26)/t20-/m0/s1. The number of H-pyrrole nitrogens is 2. The van der Waals surface area contributed by atoms with E-state index in [9.17, 15) is 14.7 Å². The molecule has 0 unspecified atom stereocenters. The average molecular weight is 423 g/mol. The second-order valence-electron chi connectivity index (χ2n) is 6.39. The summed E-state index contributed by atoms with van der Waals surface area (Å²) < 4.78 is 10.8. The molecule has 0 aliphatic heterocycles. The largest absolute Gasteiger partial charge is 0.493 e. The maximum Gasteiger partial charge on any atom is 0.373 e. The zero-order chi connectivity index (χ0) is 22.0. The minimum absolute atomic E-state index is 0.110. The van der Waals surface area contributed by atoms with Gasteiger partial charge in [-0.3, -0.25) is 4.79 Å². The molecule has 0 amide bonds. The molecule has 2 aromatic carbocycles. The number of hydrogen-bond donors (Lipinski definition) is 4. The summed E-state index contributed by atoms with van der Waals surface area (Å²) in [5, 5.41) is 28.2. The van der Waals surface area contributed by atoms with Gasteiger partial charge in [0.05, 0.1) is 12.2 Å². The van der Waals surface area contributed by atoms with E-state index in [2.05, 4.69) is 25.4 Å². The Bertz CT molecular complexity index is 1310. The number of carboxylic acids is 1. The fourth-order valence-electron chi connectivity index (χ4n) is 2.98. The van der Waals surface area contributed by atoms with Gasteiger partial charge in [-0.2, -0.15) is 5.21 Å². The van der Waals surface area contributed by atoms with Crippen LogP contribution in [0.2, 0.25) is 0 Å². The minimum atomic E-state index is -1.97. The lowest BCUT2D eigenvalue weighted by molar-refractivity contribution is -0.162. The number of aliphatic carboxylic acids is 1. The quantitative estimate of drug-likeness (QED) is 0.323. The Hall–Kier alpha value is -4.25. The highest BCUT2D eigenvalue weighted by Gasteiger charge is 2.17. The van der Waals surface area contributed by atoms with Crippen LogP contribution in [0.4, 0.5) is 0 Å². The number of aliphatic hydroxyl groups is 1. The lowest BCUT2D eigenvalue weighted by Crippen LogP contribution is -2.26. The number of nitrogens with zero attached hydrogens (tertiary/aromatic N) is 3. The molecule has 2 heterocycles. The van der Waals surface area contributed by atoms with Crippen LogP contribution in [0.5, 0.6) is 11.5 Å².